The first-order valence-corrected chi connectivity index (χ1v) is 18.8. The van der Waals surface area contributed by atoms with Gasteiger partial charge >= 0.3 is 0 Å². The van der Waals surface area contributed by atoms with E-state index in [1.165, 1.54) is 16.7 Å². The van der Waals surface area contributed by atoms with Crippen molar-refractivity contribution in [3.05, 3.63) is 107 Å². The Morgan fingerprint density at radius 1 is 0.962 bits per heavy atom. The molecule has 6 rings (SSSR count). The van der Waals surface area contributed by atoms with E-state index < -0.39 is 24.0 Å². The van der Waals surface area contributed by atoms with Gasteiger partial charge in [0.1, 0.15) is 17.1 Å². The number of para-hydroxylation sites is 1. The van der Waals surface area contributed by atoms with Gasteiger partial charge in [-0.1, -0.05) is 59.8 Å². The van der Waals surface area contributed by atoms with E-state index in [9.17, 15) is 14.4 Å². The number of H-pyrrole nitrogens is 1. The number of likely N-dealkylation sites (N-methyl/N-ethyl adjacent to an activating group) is 1. The van der Waals surface area contributed by atoms with Crippen molar-refractivity contribution in [3.8, 4) is 11.1 Å². The van der Waals surface area contributed by atoms with Crippen LogP contribution in [0.25, 0.3) is 22.0 Å². The number of aryl methyl sites for hydroxylation is 1. The predicted molar refractivity (Wildman–Crippen MR) is 208 cm³/mol. The Morgan fingerprint density at radius 2 is 1.77 bits per heavy atom. The summed E-state index contributed by atoms with van der Waals surface area (Å²) in [5.74, 6) is -1.25. The van der Waals surface area contributed by atoms with Gasteiger partial charge in [0.15, 0.2) is 0 Å². The van der Waals surface area contributed by atoms with Gasteiger partial charge in [-0.3, -0.25) is 19.4 Å². The molecule has 5 aromatic rings. The molecule has 0 saturated heterocycles. The highest BCUT2D eigenvalue weighted by Crippen LogP contribution is 2.41. The number of aromatic amines is 1. The normalized spacial score (nSPS) is 18.9. The van der Waals surface area contributed by atoms with E-state index in [0.29, 0.717) is 40.9 Å². The van der Waals surface area contributed by atoms with Crippen LogP contribution in [0.1, 0.15) is 35.2 Å². The molecular formula is C39H44ClN9O3S. The molecule has 0 radical (unpaired) electrons. The zero-order chi connectivity index (χ0) is 37.5. The SMILES string of the molecule is Cc1[nH]c2ccccc2c1C[C@H]1C(=O)NCc2c(-c3cccnc3)ccc(Cl)c2Sc2ncccc2CN[C@@H](CCCN)C(=O)N[C@@H](CN)C(=O)N1C. The molecule has 53 heavy (non-hydrogen) atoms. The fraction of sp³-hybridized carbons (Fsp3) is 0.308. The molecule has 1 aliphatic rings. The smallest absolute Gasteiger partial charge is 0.246 e. The first kappa shape index (κ1) is 38.0. The lowest BCUT2D eigenvalue weighted by atomic mass is 9.99. The van der Waals surface area contributed by atoms with E-state index in [-0.39, 0.29) is 31.3 Å². The van der Waals surface area contributed by atoms with E-state index in [2.05, 4.69) is 25.9 Å². The van der Waals surface area contributed by atoms with Gasteiger partial charge in [-0.2, -0.15) is 0 Å². The zero-order valence-corrected chi connectivity index (χ0v) is 31.3. The van der Waals surface area contributed by atoms with Gasteiger partial charge in [-0.15, -0.1) is 0 Å². The average molecular weight is 754 g/mol. The van der Waals surface area contributed by atoms with E-state index >= 15 is 0 Å². The summed E-state index contributed by atoms with van der Waals surface area (Å²) in [5.41, 5.74) is 18.0. The van der Waals surface area contributed by atoms with Crippen LogP contribution < -0.4 is 27.4 Å². The number of hydrogen-bond acceptors (Lipinski definition) is 9. The summed E-state index contributed by atoms with van der Waals surface area (Å²) >= 11 is 8.36. The first-order chi connectivity index (χ1) is 25.7. The fourth-order valence-electron chi connectivity index (χ4n) is 6.69. The number of carbonyl (C=O) groups excluding carboxylic acids is 3. The molecule has 4 heterocycles. The van der Waals surface area contributed by atoms with Crippen LogP contribution in [0.3, 0.4) is 0 Å². The molecule has 2 aromatic carbocycles. The number of carbonyl (C=O) groups is 3. The highest BCUT2D eigenvalue weighted by molar-refractivity contribution is 7.99. The number of amides is 3. The number of aromatic nitrogens is 3. The van der Waals surface area contributed by atoms with Gasteiger partial charge in [0, 0.05) is 78.7 Å². The molecule has 0 saturated carbocycles. The lowest BCUT2D eigenvalue weighted by Crippen LogP contribution is -2.59. The van der Waals surface area contributed by atoms with Gasteiger partial charge < -0.3 is 37.3 Å². The number of pyridine rings is 2. The minimum atomic E-state index is -1.08. The molecule has 0 unspecified atom stereocenters. The highest BCUT2D eigenvalue weighted by Gasteiger charge is 2.34. The number of rotatable bonds is 7. The van der Waals surface area contributed by atoms with Crippen LogP contribution in [0.2, 0.25) is 5.02 Å². The number of nitrogens with two attached hydrogens (primary N) is 2. The summed E-state index contributed by atoms with van der Waals surface area (Å²) < 4.78 is 0. The van der Waals surface area contributed by atoms with Crippen LogP contribution in [-0.4, -0.2) is 75.8 Å². The van der Waals surface area contributed by atoms with E-state index in [1.54, 1.807) is 25.6 Å². The largest absolute Gasteiger partial charge is 0.358 e. The van der Waals surface area contributed by atoms with Crippen LogP contribution in [0, 0.1) is 6.92 Å². The molecule has 0 aliphatic carbocycles. The lowest BCUT2D eigenvalue weighted by molar-refractivity contribution is -0.141. The topological polar surface area (TPSA) is 184 Å². The molecule has 1 aliphatic heterocycles. The third kappa shape index (κ3) is 8.55. The summed E-state index contributed by atoms with van der Waals surface area (Å²) in [4.78, 5) is 57.1. The van der Waals surface area contributed by atoms with Crippen molar-refractivity contribution in [2.24, 2.45) is 11.5 Å². The van der Waals surface area contributed by atoms with Gasteiger partial charge in [-0.25, -0.2) is 4.98 Å². The second-order valence-electron chi connectivity index (χ2n) is 13.0. The number of benzene rings is 2. The summed E-state index contributed by atoms with van der Waals surface area (Å²) in [7, 11) is 1.58. The summed E-state index contributed by atoms with van der Waals surface area (Å²) in [6.07, 6.45) is 6.39. The molecule has 0 spiro atoms. The highest BCUT2D eigenvalue weighted by atomic mass is 35.5. The Kier molecular flexibility index (Phi) is 12.4. The minimum Gasteiger partial charge on any atom is -0.358 e. The Bertz CT molecular complexity index is 2090. The fourth-order valence-corrected chi connectivity index (χ4v) is 8.03. The van der Waals surface area contributed by atoms with Gasteiger partial charge in [0.2, 0.25) is 17.7 Å². The Morgan fingerprint density at radius 3 is 2.55 bits per heavy atom. The average Bonchev–Trinajstić information content (AvgIpc) is 3.49. The third-order valence-corrected chi connectivity index (χ3v) is 11.3. The van der Waals surface area contributed by atoms with Gasteiger partial charge in [0.25, 0.3) is 0 Å². The standard InChI is InChI=1S/C39H44ClN9O3S/c1-23-28(27-10-3-4-11-31(27)47-23)18-34-37(51)46-22-29-26(24-8-6-16-43-20-24)13-14-30(40)35(29)53-38-25(9-7-17-44-38)21-45-32(12-5-15-41)36(50)48-33(19-42)39(52)49(34)2/h3-4,6-11,13-14,16-17,20,32-34,45,47H,5,12,15,18-19,21-22,41-42H2,1-2H3,(H,46,51)(H,48,50)/t32-,33-,34-/m0/s1. The van der Waals surface area contributed by atoms with Crippen LogP contribution in [0.4, 0.5) is 0 Å². The minimum absolute atomic E-state index is 0.0932. The summed E-state index contributed by atoms with van der Waals surface area (Å²) in [5, 5.41) is 11.5. The maximum Gasteiger partial charge on any atom is 0.246 e. The van der Waals surface area contributed by atoms with Crippen molar-refractivity contribution in [2.75, 3.05) is 20.1 Å². The van der Waals surface area contributed by atoms with Crippen LogP contribution >= 0.6 is 23.4 Å². The second-order valence-corrected chi connectivity index (χ2v) is 14.4. The van der Waals surface area contributed by atoms with Crippen molar-refractivity contribution in [2.45, 2.75) is 67.3 Å². The molecule has 276 valence electrons. The second kappa shape index (κ2) is 17.4. The van der Waals surface area contributed by atoms with Gasteiger partial charge in [-0.05, 0) is 72.8 Å². The Balaban J connectivity index is 1.47. The lowest BCUT2D eigenvalue weighted by Gasteiger charge is -2.31. The van der Waals surface area contributed by atoms with Crippen molar-refractivity contribution < 1.29 is 14.4 Å². The third-order valence-electron chi connectivity index (χ3n) is 9.62. The first-order valence-electron chi connectivity index (χ1n) is 17.6. The van der Waals surface area contributed by atoms with Crippen LogP contribution in [0.5, 0.6) is 0 Å². The molecule has 3 amide bonds. The molecule has 0 bridgehead atoms. The Labute approximate surface area is 317 Å². The monoisotopic (exact) mass is 753 g/mol. The number of hydrogen-bond donors (Lipinski definition) is 6. The van der Waals surface area contributed by atoms with Crippen molar-refractivity contribution in [1.82, 2.24) is 35.8 Å². The molecule has 3 atom stereocenters. The van der Waals surface area contributed by atoms with Crippen molar-refractivity contribution in [1.29, 1.82) is 0 Å². The van der Waals surface area contributed by atoms with E-state index in [0.717, 1.165) is 44.4 Å². The summed E-state index contributed by atoms with van der Waals surface area (Å²) in [6, 6.07) is 16.5. The predicted octanol–water partition coefficient (Wildman–Crippen LogP) is 4.08. The number of nitrogens with zero attached hydrogens (tertiary/aromatic N) is 3. The molecule has 12 nitrogen and oxygen atoms in total. The maximum absolute atomic E-state index is 14.5. The number of nitrogens with one attached hydrogen (secondary N) is 4. The Hall–Kier alpha value is -4.79. The molecule has 3 aromatic heterocycles. The zero-order valence-electron chi connectivity index (χ0n) is 29.7. The van der Waals surface area contributed by atoms with Crippen molar-refractivity contribution >= 4 is 52.0 Å². The summed E-state index contributed by atoms with van der Waals surface area (Å²) in [6.45, 7) is 2.57. The molecular weight excluding hydrogens is 710 g/mol. The van der Waals surface area contributed by atoms with Crippen molar-refractivity contribution in [3.63, 3.8) is 0 Å². The maximum atomic E-state index is 14.5. The van der Waals surface area contributed by atoms with Crippen LogP contribution in [-0.2, 0) is 33.9 Å². The quantitative estimate of drug-likeness (QED) is 0.143. The molecule has 14 heteroatoms. The number of halogens is 1. The van der Waals surface area contributed by atoms with Gasteiger partial charge in [0.05, 0.1) is 11.1 Å². The molecule has 0 fully saturated rings. The number of fused-ring (bicyclic) bond motifs is 3. The van der Waals surface area contributed by atoms with Crippen LogP contribution in [0.15, 0.2) is 89.2 Å². The molecule has 8 N–H and O–H groups in total. The van der Waals surface area contributed by atoms with E-state index in [1.807, 2.05) is 67.6 Å². The van der Waals surface area contributed by atoms with E-state index in [4.69, 9.17) is 28.1 Å².